The summed E-state index contributed by atoms with van der Waals surface area (Å²) in [4.78, 5) is 11.0. The van der Waals surface area contributed by atoms with Crippen LogP contribution in [0.3, 0.4) is 0 Å². The summed E-state index contributed by atoms with van der Waals surface area (Å²) in [5, 5.41) is 13.3. The quantitative estimate of drug-likeness (QED) is 0.522. The molecule has 1 fully saturated rings. The van der Waals surface area contributed by atoms with Crippen molar-refractivity contribution in [3.8, 4) is 0 Å². The maximum Gasteiger partial charge on any atom is 0.228 e. The Hall–Kier alpha value is -1.18. The molecule has 4 N–H and O–H groups in total. The van der Waals surface area contributed by atoms with Gasteiger partial charge in [-0.2, -0.15) is 4.98 Å². The molecule has 8 heteroatoms. The molecule has 3 unspecified atom stereocenters. The van der Waals surface area contributed by atoms with Crippen molar-refractivity contribution in [2.45, 2.75) is 39.2 Å². The Kier molecular flexibility index (Phi) is 5.88. The highest BCUT2D eigenvalue weighted by molar-refractivity contribution is 7.80. The summed E-state index contributed by atoms with van der Waals surface area (Å²) in [5.74, 6) is 1.64. The van der Waals surface area contributed by atoms with Crippen LogP contribution in [0.4, 0.5) is 11.8 Å². The number of hydrogen-bond donors (Lipinski definition) is 3. The van der Waals surface area contributed by atoms with Crippen LogP contribution < -0.4 is 16.0 Å². The molecule has 6 nitrogen and oxygen atoms in total. The van der Waals surface area contributed by atoms with E-state index in [0.29, 0.717) is 17.3 Å². The van der Waals surface area contributed by atoms with Gasteiger partial charge in [0.15, 0.2) is 0 Å². The monoisotopic (exact) mass is 371 g/mol. The van der Waals surface area contributed by atoms with Crippen LogP contribution in [0.1, 0.15) is 39.2 Å². The van der Waals surface area contributed by atoms with Crippen LogP contribution in [0.2, 0.25) is 5.15 Å². The minimum absolute atomic E-state index is 0.168. The average molecular weight is 372 g/mol. The van der Waals surface area contributed by atoms with Crippen LogP contribution in [-0.4, -0.2) is 45.8 Å². The summed E-state index contributed by atoms with van der Waals surface area (Å²) in [6, 6.07) is 0. The van der Waals surface area contributed by atoms with Crippen LogP contribution in [0.15, 0.2) is 0 Å². The van der Waals surface area contributed by atoms with Gasteiger partial charge in [-0.3, -0.25) is 0 Å². The van der Waals surface area contributed by atoms with Gasteiger partial charge >= 0.3 is 0 Å². The van der Waals surface area contributed by atoms with Crippen LogP contribution in [-0.2, 0) is 0 Å². The van der Waals surface area contributed by atoms with E-state index in [0.717, 1.165) is 19.4 Å². The third kappa shape index (κ3) is 3.58. The number of aliphatic hydroxyl groups excluding tert-OH is 1. The van der Waals surface area contributed by atoms with E-state index in [2.05, 4.69) is 29.1 Å². The first-order valence-electron chi connectivity index (χ1n) is 8.21. The predicted octanol–water partition coefficient (Wildman–Crippen LogP) is 2.43. The van der Waals surface area contributed by atoms with E-state index in [1.54, 1.807) is 0 Å². The van der Waals surface area contributed by atoms with Gasteiger partial charge in [-0.15, -0.1) is 0 Å². The Morgan fingerprint density at radius 3 is 2.71 bits per heavy atom. The van der Waals surface area contributed by atoms with Crippen molar-refractivity contribution in [1.29, 1.82) is 0 Å². The van der Waals surface area contributed by atoms with Gasteiger partial charge in [0, 0.05) is 25.7 Å². The molecule has 24 heavy (non-hydrogen) atoms. The summed E-state index contributed by atoms with van der Waals surface area (Å²) >= 11 is 11.5. The Labute approximate surface area is 153 Å². The molecule has 0 bridgehead atoms. The van der Waals surface area contributed by atoms with Gasteiger partial charge < -0.3 is 21.1 Å². The molecule has 1 heterocycles. The molecule has 1 saturated carbocycles. The van der Waals surface area contributed by atoms with Crippen molar-refractivity contribution in [2.75, 3.05) is 30.4 Å². The molecule has 1 aliphatic rings. The van der Waals surface area contributed by atoms with Gasteiger partial charge in [0.1, 0.15) is 16.0 Å². The van der Waals surface area contributed by atoms with Crippen molar-refractivity contribution in [3.05, 3.63) is 10.7 Å². The van der Waals surface area contributed by atoms with Crippen molar-refractivity contribution in [1.82, 2.24) is 9.97 Å². The summed E-state index contributed by atoms with van der Waals surface area (Å²) in [5.41, 5.74) is 6.11. The number of nitrogens with one attached hydrogen (secondary N) is 1. The van der Waals surface area contributed by atoms with Crippen molar-refractivity contribution in [3.63, 3.8) is 0 Å². The molecule has 1 aromatic rings. The van der Waals surface area contributed by atoms with Crippen LogP contribution in [0, 0.1) is 11.8 Å². The second-order valence-electron chi connectivity index (χ2n) is 6.73. The first kappa shape index (κ1) is 19.1. The van der Waals surface area contributed by atoms with E-state index in [-0.39, 0.29) is 34.1 Å². The molecule has 3 atom stereocenters. The number of nitrogens with zero attached hydrogens (tertiary/aromatic N) is 3. The molecule has 1 aromatic heterocycles. The first-order valence-corrected chi connectivity index (χ1v) is 8.99. The van der Waals surface area contributed by atoms with Gasteiger partial charge in [0.05, 0.1) is 5.56 Å². The molecule has 1 aliphatic carbocycles. The average Bonchev–Trinajstić information content (AvgIpc) is 2.80. The van der Waals surface area contributed by atoms with Crippen LogP contribution in [0.5, 0.6) is 0 Å². The van der Waals surface area contributed by atoms with E-state index in [1.165, 1.54) is 0 Å². The lowest BCUT2D eigenvalue weighted by Gasteiger charge is -2.34. The lowest BCUT2D eigenvalue weighted by Crippen LogP contribution is -2.40. The van der Waals surface area contributed by atoms with Gasteiger partial charge in [-0.05, 0) is 38.5 Å². The predicted molar refractivity (Wildman–Crippen MR) is 103 cm³/mol. The molecular formula is C16H26ClN5OS. The number of aromatic nitrogens is 2. The lowest BCUT2D eigenvalue weighted by atomic mass is 9.86. The second-order valence-corrected chi connectivity index (χ2v) is 7.53. The number of nitrogens with two attached hydrogens (primary N) is 1. The minimum Gasteiger partial charge on any atom is -0.396 e. The van der Waals surface area contributed by atoms with Gasteiger partial charge in [0.2, 0.25) is 5.95 Å². The summed E-state index contributed by atoms with van der Waals surface area (Å²) in [7, 11) is 1.90. The molecule has 0 aromatic carbocycles. The topological polar surface area (TPSA) is 87.3 Å². The SMILES string of the molecule is CCN(C)c1nc(Cl)c(C(N)=S)c(NC2(C)CCC(CO)C2C)n1. The van der Waals surface area contributed by atoms with Gasteiger partial charge in [-0.1, -0.05) is 30.7 Å². The lowest BCUT2D eigenvalue weighted by molar-refractivity contribution is 0.187. The van der Waals surface area contributed by atoms with Gasteiger partial charge in [0.25, 0.3) is 0 Å². The molecule has 0 amide bonds. The fourth-order valence-electron chi connectivity index (χ4n) is 3.22. The smallest absolute Gasteiger partial charge is 0.228 e. The normalized spacial score (nSPS) is 26.4. The Bertz CT molecular complexity index is 629. The second kappa shape index (κ2) is 7.37. The zero-order valence-corrected chi connectivity index (χ0v) is 16.2. The number of halogens is 1. The molecule has 0 spiro atoms. The molecular weight excluding hydrogens is 346 g/mol. The Morgan fingerprint density at radius 2 is 2.21 bits per heavy atom. The maximum atomic E-state index is 9.55. The molecule has 134 valence electrons. The highest BCUT2D eigenvalue weighted by atomic mass is 35.5. The van der Waals surface area contributed by atoms with E-state index in [9.17, 15) is 5.11 Å². The molecule has 0 radical (unpaired) electrons. The molecule has 0 saturated heterocycles. The zero-order chi connectivity index (χ0) is 18.1. The maximum absolute atomic E-state index is 9.55. The van der Waals surface area contributed by atoms with E-state index in [4.69, 9.17) is 29.6 Å². The third-order valence-electron chi connectivity index (χ3n) is 5.30. The van der Waals surface area contributed by atoms with E-state index in [1.807, 2.05) is 18.9 Å². The first-order chi connectivity index (χ1) is 11.2. The summed E-state index contributed by atoms with van der Waals surface area (Å²) < 4.78 is 0. The van der Waals surface area contributed by atoms with Crippen molar-refractivity contribution in [2.24, 2.45) is 17.6 Å². The summed E-state index contributed by atoms with van der Waals surface area (Å²) in [6.45, 7) is 7.23. The zero-order valence-electron chi connectivity index (χ0n) is 14.6. The Balaban J connectivity index is 2.44. The molecule has 2 rings (SSSR count). The fourth-order valence-corrected chi connectivity index (χ4v) is 3.74. The van der Waals surface area contributed by atoms with Crippen molar-refractivity contribution < 1.29 is 5.11 Å². The number of anilines is 2. The van der Waals surface area contributed by atoms with Crippen LogP contribution in [0.25, 0.3) is 0 Å². The van der Waals surface area contributed by atoms with Crippen molar-refractivity contribution >= 4 is 40.6 Å². The van der Waals surface area contributed by atoms with Crippen LogP contribution >= 0.6 is 23.8 Å². The molecule has 0 aliphatic heterocycles. The van der Waals surface area contributed by atoms with E-state index >= 15 is 0 Å². The highest BCUT2D eigenvalue weighted by Crippen LogP contribution is 2.42. The number of rotatable bonds is 6. The highest BCUT2D eigenvalue weighted by Gasteiger charge is 2.42. The van der Waals surface area contributed by atoms with Gasteiger partial charge in [-0.25, -0.2) is 4.98 Å². The fraction of sp³-hybridized carbons (Fsp3) is 0.688. The minimum atomic E-state index is -0.216. The number of aliphatic hydroxyl groups is 1. The largest absolute Gasteiger partial charge is 0.396 e. The number of hydrogen-bond acceptors (Lipinski definition) is 6. The number of thiocarbonyl (C=S) groups is 1. The Morgan fingerprint density at radius 1 is 1.54 bits per heavy atom. The summed E-state index contributed by atoms with van der Waals surface area (Å²) in [6.07, 6.45) is 1.89. The third-order valence-corrected chi connectivity index (χ3v) is 5.78. The van der Waals surface area contributed by atoms with E-state index < -0.39 is 0 Å². The standard InChI is InChI=1S/C16H26ClN5OS/c1-5-22(4)15-19-12(17)11(13(18)24)14(20-15)21-16(3)7-6-10(8-23)9(16)2/h9-10,23H,5-8H2,1-4H3,(H2,18,24)(H,19,20,21).